The molecule has 0 N–H and O–H groups in total. The minimum Gasteiger partial charge on any atom is -0.494 e. The van der Waals surface area contributed by atoms with Crippen LogP contribution in [-0.2, 0) is 0 Å². The summed E-state index contributed by atoms with van der Waals surface area (Å²) in [4.78, 5) is 0. The second-order valence-electron chi connectivity index (χ2n) is 4.29. The zero-order chi connectivity index (χ0) is 12.5. The predicted molar refractivity (Wildman–Crippen MR) is 75.4 cm³/mol. The lowest BCUT2D eigenvalue weighted by atomic mass is 10.0. The first-order valence-electron chi connectivity index (χ1n) is 6.70. The van der Waals surface area contributed by atoms with Crippen LogP contribution >= 0.6 is 0 Å². The van der Waals surface area contributed by atoms with Crippen molar-refractivity contribution < 1.29 is 4.74 Å². The maximum absolute atomic E-state index is 5.66. The first kappa shape index (κ1) is 13.8. The van der Waals surface area contributed by atoms with Crippen molar-refractivity contribution in [2.24, 2.45) is 0 Å². The highest BCUT2D eigenvalue weighted by molar-refractivity contribution is 5.65. The molecule has 94 valence electrons. The second kappa shape index (κ2) is 7.94. The van der Waals surface area contributed by atoms with Crippen molar-refractivity contribution in [3.05, 3.63) is 35.9 Å². The number of allylic oxidation sites excluding steroid dienone is 2. The molecule has 0 aromatic heterocycles. The number of ether oxygens (including phenoxy) is 1. The zero-order valence-electron chi connectivity index (χ0n) is 11.3. The molecular formula is C16H24O. The van der Waals surface area contributed by atoms with Gasteiger partial charge in [0.1, 0.15) is 5.75 Å². The Morgan fingerprint density at radius 1 is 1.12 bits per heavy atom. The zero-order valence-corrected chi connectivity index (χ0v) is 11.3. The van der Waals surface area contributed by atoms with Crippen molar-refractivity contribution in [1.29, 1.82) is 0 Å². The molecule has 0 bridgehead atoms. The van der Waals surface area contributed by atoms with Crippen LogP contribution in [0.4, 0.5) is 0 Å². The monoisotopic (exact) mass is 232 g/mol. The largest absolute Gasteiger partial charge is 0.494 e. The van der Waals surface area contributed by atoms with Gasteiger partial charge in [0, 0.05) is 0 Å². The van der Waals surface area contributed by atoms with Crippen LogP contribution in [0.1, 0.15) is 52.0 Å². The third-order valence-corrected chi connectivity index (χ3v) is 2.86. The van der Waals surface area contributed by atoms with Gasteiger partial charge in [0.05, 0.1) is 6.61 Å². The molecule has 0 unspecified atom stereocenters. The van der Waals surface area contributed by atoms with Crippen LogP contribution in [0.2, 0.25) is 0 Å². The van der Waals surface area contributed by atoms with Crippen molar-refractivity contribution in [3.63, 3.8) is 0 Å². The summed E-state index contributed by atoms with van der Waals surface area (Å²) in [6.07, 6.45) is 6.84. The molecule has 17 heavy (non-hydrogen) atoms. The Kier molecular flexibility index (Phi) is 6.46. The number of unbranched alkanes of at least 4 members (excludes halogenated alkanes) is 1. The molecule has 1 rings (SSSR count). The highest BCUT2D eigenvalue weighted by Gasteiger charge is 2.00. The maximum Gasteiger partial charge on any atom is 0.119 e. The Balaban J connectivity index is 2.60. The quantitative estimate of drug-likeness (QED) is 0.596. The van der Waals surface area contributed by atoms with Crippen LogP contribution in [0.5, 0.6) is 5.75 Å². The molecule has 1 aromatic carbocycles. The van der Waals surface area contributed by atoms with Crippen LogP contribution < -0.4 is 4.74 Å². The molecule has 0 saturated carbocycles. The summed E-state index contributed by atoms with van der Waals surface area (Å²) < 4.78 is 5.66. The van der Waals surface area contributed by atoms with Gasteiger partial charge in [0.15, 0.2) is 0 Å². The first-order valence-corrected chi connectivity index (χ1v) is 6.70. The van der Waals surface area contributed by atoms with E-state index in [1.165, 1.54) is 24.0 Å². The highest BCUT2D eigenvalue weighted by atomic mass is 16.5. The van der Waals surface area contributed by atoms with E-state index in [1.54, 1.807) is 0 Å². The van der Waals surface area contributed by atoms with E-state index in [1.807, 2.05) is 0 Å². The minimum atomic E-state index is 0.821. The number of rotatable bonds is 7. The topological polar surface area (TPSA) is 9.23 Å². The smallest absolute Gasteiger partial charge is 0.119 e. The number of hydrogen-bond acceptors (Lipinski definition) is 1. The van der Waals surface area contributed by atoms with E-state index in [-0.39, 0.29) is 0 Å². The van der Waals surface area contributed by atoms with Gasteiger partial charge >= 0.3 is 0 Å². The lowest BCUT2D eigenvalue weighted by Crippen LogP contribution is -1.96. The Morgan fingerprint density at radius 3 is 2.35 bits per heavy atom. The molecule has 1 aromatic rings. The maximum atomic E-state index is 5.66. The normalized spacial score (nSPS) is 11.6. The summed E-state index contributed by atoms with van der Waals surface area (Å²) in [5, 5.41) is 0. The summed E-state index contributed by atoms with van der Waals surface area (Å²) in [5.74, 6) is 0.981. The van der Waals surface area contributed by atoms with Gasteiger partial charge in [-0.2, -0.15) is 0 Å². The Labute approximate surface area is 106 Å². The fraction of sp³-hybridized carbons (Fsp3) is 0.500. The van der Waals surface area contributed by atoms with Gasteiger partial charge in [0.25, 0.3) is 0 Å². The minimum absolute atomic E-state index is 0.821. The van der Waals surface area contributed by atoms with E-state index in [4.69, 9.17) is 4.74 Å². The molecule has 0 radical (unpaired) electrons. The molecule has 0 aliphatic heterocycles. The summed E-state index contributed by atoms with van der Waals surface area (Å²) in [7, 11) is 0. The van der Waals surface area contributed by atoms with E-state index in [2.05, 4.69) is 51.1 Å². The molecule has 0 amide bonds. The van der Waals surface area contributed by atoms with Gasteiger partial charge in [-0.05, 0) is 43.0 Å². The molecule has 0 aliphatic carbocycles. The fourth-order valence-electron chi connectivity index (χ4n) is 1.82. The lowest BCUT2D eigenvalue weighted by Gasteiger charge is -2.08. The van der Waals surface area contributed by atoms with Crippen molar-refractivity contribution in [1.82, 2.24) is 0 Å². The Morgan fingerprint density at radius 2 is 1.82 bits per heavy atom. The van der Waals surface area contributed by atoms with Gasteiger partial charge in [-0.1, -0.05) is 44.9 Å². The van der Waals surface area contributed by atoms with E-state index >= 15 is 0 Å². The van der Waals surface area contributed by atoms with Gasteiger partial charge in [-0.15, -0.1) is 0 Å². The Hall–Kier alpha value is -1.24. The molecule has 1 nitrogen and oxygen atoms in total. The predicted octanol–water partition coefficient (Wildman–Crippen LogP) is 5.07. The lowest BCUT2D eigenvalue weighted by molar-refractivity contribution is 0.309. The van der Waals surface area contributed by atoms with Crippen LogP contribution in [0.25, 0.3) is 5.57 Å². The standard InChI is InChI=1S/C16H24O/c1-4-7-13-17-16-11-9-15(10-12-16)14(6-3)8-5-2/h6,9-12H,4-5,7-8,13H2,1-3H3. The molecule has 0 fully saturated rings. The van der Waals surface area contributed by atoms with Crippen LogP contribution in [-0.4, -0.2) is 6.61 Å². The van der Waals surface area contributed by atoms with E-state index in [0.717, 1.165) is 25.2 Å². The van der Waals surface area contributed by atoms with Gasteiger partial charge < -0.3 is 4.74 Å². The van der Waals surface area contributed by atoms with Gasteiger partial charge in [-0.25, -0.2) is 0 Å². The average molecular weight is 232 g/mol. The van der Waals surface area contributed by atoms with E-state index < -0.39 is 0 Å². The van der Waals surface area contributed by atoms with Crippen molar-refractivity contribution in [2.45, 2.75) is 46.5 Å². The van der Waals surface area contributed by atoms with Crippen molar-refractivity contribution in [2.75, 3.05) is 6.61 Å². The van der Waals surface area contributed by atoms with Crippen LogP contribution in [0.3, 0.4) is 0 Å². The summed E-state index contributed by atoms with van der Waals surface area (Å²) in [6, 6.07) is 8.47. The molecule has 0 spiro atoms. The van der Waals surface area contributed by atoms with E-state index in [9.17, 15) is 0 Å². The van der Waals surface area contributed by atoms with Gasteiger partial charge in [-0.3, -0.25) is 0 Å². The summed E-state index contributed by atoms with van der Waals surface area (Å²) in [6.45, 7) is 7.32. The third kappa shape index (κ3) is 4.64. The first-order chi connectivity index (χ1) is 8.31. The van der Waals surface area contributed by atoms with Crippen LogP contribution in [0, 0.1) is 0 Å². The number of hydrogen-bond donors (Lipinski definition) is 0. The van der Waals surface area contributed by atoms with Gasteiger partial charge in [0.2, 0.25) is 0 Å². The SMILES string of the molecule is CC=C(CCC)c1ccc(OCCCC)cc1. The average Bonchev–Trinajstić information content (AvgIpc) is 2.37. The molecule has 0 aliphatic rings. The van der Waals surface area contributed by atoms with E-state index in [0.29, 0.717) is 0 Å². The van der Waals surface area contributed by atoms with Crippen molar-refractivity contribution in [3.8, 4) is 5.75 Å². The second-order valence-corrected chi connectivity index (χ2v) is 4.29. The summed E-state index contributed by atoms with van der Waals surface area (Å²) >= 11 is 0. The Bertz CT molecular complexity index is 335. The molecule has 0 atom stereocenters. The highest BCUT2D eigenvalue weighted by Crippen LogP contribution is 2.22. The molecule has 0 saturated heterocycles. The molecule has 0 heterocycles. The fourth-order valence-corrected chi connectivity index (χ4v) is 1.82. The molecular weight excluding hydrogens is 208 g/mol. The third-order valence-electron chi connectivity index (χ3n) is 2.86. The van der Waals surface area contributed by atoms with Crippen LogP contribution in [0.15, 0.2) is 30.3 Å². The molecule has 1 heteroatoms. The summed E-state index contributed by atoms with van der Waals surface area (Å²) in [5.41, 5.74) is 2.74. The number of benzene rings is 1. The van der Waals surface area contributed by atoms with Crippen molar-refractivity contribution >= 4 is 5.57 Å².